The van der Waals surface area contributed by atoms with Crippen LogP contribution in [0.1, 0.15) is 5.89 Å². The monoisotopic (exact) mass is 410 g/mol. The van der Waals surface area contributed by atoms with Crippen molar-refractivity contribution in [3.8, 4) is 11.5 Å². The number of piperazine rings is 1. The molecule has 1 aliphatic rings. The third kappa shape index (κ3) is 3.43. The van der Waals surface area contributed by atoms with Crippen LogP contribution in [0.5, 0.6) is 0 Å². The Balaban J connectivity index is 1.25. The number of nitrogens with zero attached hydrogens (tertiary/aromatic N) is 8. The average molecular weight is 411 g/mol. The van der Waals surface area contributed by atoms with E-state index in [1.807, 2.05) is 37.5 Å². The minimum atomic E-state index is 0.448. The van der Waals surface area contributed by atoms with Gasteiger partial charge in [0.15, 0.2) is 5.65 Å². The zero-order chi connectivity index (χ0) is 19.8. The van der Waals surface area contributed by atoms with Gasteiger partial charge < -0.3 is 9.32 Å². The molecular formula is C19H19ClN8O. The van der Waals surface area contributed by atoms with Crippen LogP contribution < -0.4 is 4.90 Å². The molecule has 1 aromatic carbocycles. The van der Waals surface area contributed by atoms with Gasteiger partial charge in [-0.3, -0.25) is 9.58 Å². The van der Waals surface area contributed by atoms with Gasteiger partial charge in [0.05, 0.1) is 28.7 Å². The fourth-order valence-corrected chi connectivity index (χ4v) is 3.79. The molecule has 0 unspecified atom stereocenters. The smallest absolute Gasteiger partial charge is 0.249 e. The number of aryl methyl sites for hydroxylation is 1. The van der Waals surface area contributed by atoms with Crippen LogP contribution in [-0.2, 0) is 13.6 Å². The van der Waals surface area contributed by atoms with Gasteiger partial charge in [0.2, 0.25) is 11.8 Å². The molecule has 4 heterocycles. The topological polar surface area (TPSA) is 89.0 Å². The third-order valence-corrected chi connectivity index (χ3v) is 5.44. The molecule has 1 fully saturated rings. The van der Waals surface area contributed by atoms with Crippen molar-refractivity contribution >= 4 is 28.5 Å². The van der Waals surface area contributed by atoms with Gasteiger partial charge in [-0.2, -0.15) is 5.10 Å². The summed E-state index contributed by atoms with van der Waals surface area (Å²) in [5.74, 6) is 1.97. The number of rotatable bonds is 4. The maximum atomic E-state index is 6.22. The number of anilines is 1. The van der Waals surface area contributed by atoms with Crippen molar-refractivity contribution in [3.05, 3.63) is 47.7 Å². The van der Waals surface area contributed by atoms with E-state index in [2.05, 4.69) is 35.1 Å². The van der Waals surface area contributed by atoms with E-state index in [0.29, 0.717) is 23.3 Å². The van der Waals surface area contributed by atoms with E-state index in [1.165, 1.54) is 0 Å². The van der Waals surface area contributed by atoms with E-state index in [0.717, 1.165) is 48.6 Å². The highest BCUT2D eigenvalue weighted by Gasteiger charge is 2.22. The Morgan fingerprint density at radius 3 is 2.72 bits per heavy atom. The van der Waals surface area contributed by atoms with E-state index in [9.17, 15) is 0 Å². The summed E-state index contributed by atoms with van der Waals surface area (Å²) in [6.45, 7) is 4.06. The zero-order valence-electron chi connectivity index (χ0n) is 15.9. The quantitative estimate of drug-likeness (QED) is 0.506. The fourth-order valence-electron chi connectivity index (χ4n) is 3.57. The summed E-state index contributed by atoms with van der Waals surface area (Å²) in [4.78, 5) is 13.4. The molecule has 0 N–H and O–H groups in total. The van der Waals surface area contributed by atoms with Gasteiger partial charge in [0.1, 0.15) is 12.1 Å². The van der Waals surface area contributed by atoms with E-state index >= 15 is 0 Å². The van der Waals surface area contributed by atoms with Crippen LogP contribution in [0.4, 0.5) is 5.82 Å². The summed E-state index contributed by atoms with van der Waals surface area (Å²) in [6.07, 6.45) is 3.42. The first kappa shape index (κ1) is 18.0. The number of hydrogen-bond donors (Lipinski definition) is 0. The Kier molecular flexibility index (Phi) is 4.61. The predicted molar refractivity (Wildman–Crippen MR) is 109 cm³/mol. The van der Waals surface area contributed by atoms with Crippen LogP contribution in [0.3, 0.4) is 0 Å². The molecule has 1 aliphatic heterocycles. The van der Waals surface area contributed by atoms with E-state index in [1.54, 1.807) is 11.0 Å². The first-order valence-corrected chi connectivity index (χ1v) is 9.74. The molecule has 0 aliphatic carbocycles. The summed E-state index contributed by atoms with van der Waals surface area (Å²) < 4.78 is 7.60. The molecule has 148 valence electrons. The van der Waals surface area contributed by atoms with Gasteiger partial charge in [-0.05, 0) is 12.1 Å². The minimum Gasteiger partial charge on any atom is -0.419 e. The van der Waals surface area contributed by atoms with E-state index in [-0.39, 0.29) is 0 Å². The number of hydrogen-bond acceptors (Lipinski definition) is 8. The fraction of sp³-hybridized carbons (Fsp3) is 0.316. The van der Waals surface area contributed by atoms with Crippen molar-refractivity contribution in [1.29, 1.82) is 0 Å². The van der Waals surface area contributed by atoms with Crippen LogP contribution in [0, 0.1) is 0 Å². The van der Waals surface area contributed by atoms with Crippen molar-refractivity contribution in [2.24, 2.45) is 7.05 Å². The highest BCUT2D eigenvalue weighted by atomic mass is 35.5. The van der Waals surface area contributed by atoms with Gasteiger partial charge in [-0.15, -0.1) is 10.2 Å². The molecule has 0 radical (unpaired) electrons. The third-order valence-electron chi connectivity index (χ3n) is 5.11. The molecule has 0 saturated carbocycles. The zero-order valence-corrected chi connectivity index (χ0v) is 16.6. The van der Waals surface area contributed by atoms with Crippen molar-refractivity contribution in [3.63, 3.8) is 0 Å². The molecule has 0 atom stereocenters. The second kappa shape index (κ2) is 7.41. The van der Waals surface area contributed by atoms with Gasteiger partial charge >= 0.3 is 0 Å². The molecule has 0 spiro atoms. The van der Waals surface area contributed by atoms with Gasteiger partial charge in [0.25, 0.3) is 0 Å². The van der Waals surface area contributed by atoms with Gasteiger partial charge in [-0.1, -0.05) is 23.7 Å². The standard InChI is InChI=1S/C19H19ClN8O/c1-26-17-14(10-23-26)18(22-12-21-17)28-8-6-27(7-9-28)11-16-24-25-19(29-16)13-4-2-3-5-15(13)20/h2-5,10,12H,6-9,11H2,1H3. The second-order valence-electron chi connectivity index (χ2n) is 6.95. The number of fused-ring (bicyclic) bond motifs is 1. The molecule has 4 aromatic rings. The second-order valence-corrected chi connectivity index (χ2v) is 7.35. The number of benzene rings is 1. The Morgan fingerprint density at radius 1 is 1.07 bits per heavy atom. The van der Waals surface area contributed by atoms with Crippen LogP contribution in [0.2, 0.25) is 5.02 Å². The molecule has 0 amide bonds. The first-order chi connectivity index (χ1) is 14.2. The lowest BCUT2D eigenvalue weighted by atomic mass is 10.2. The molecule has 1 saturated heterocycles. The van der Waals surface area contributed by atoms with E-state index < -0.39 is 0 Å². The van der Waals surface area contributed by atoms with E-state index in [4.69, 9.17) is 16.0 Å². The van der Waals surface area contributed by atoms with Crippen molar-refractivity contribution < 1.29 is 4.42 Å². The Morgan fingerprint density at radius 2 is 1.90 bits per heavy atom. The van der Waals surface area contributed by atoms with Crippen LogP contribution in [-0.4, -0.2) is 61.0 Å². The first-order valence-electron chi connectivity index (χ1n) is 9.36. The molecule has 29 heavy (non-hydrogen) atoms. The van der Waals surface area contributed by atoms with Crippen molar-refractivity contribution in [2.45, 2.75) is 6.54 Å². The molecule has 5 rings (SSSR count). The summed E-state index contributed by atoms with van der Waals surface area (Å²) in [7, 11) is 1.89. The normalized spacial score (nSPS) is 15.3. The maximum Gasteiger partial charge on any atom is 0.249 e. The lowest BCUT2D eigenvalue weighted by Gasteiger charge is -2.34. The number of aromatic nitrogens is 6. The molecular weight excluding hydrogens is 392 g/mol. The molecule has 10 heteroatoms. The van der Waals surface area contributed by atoms with Gasteiger partial charge in [0, 0.05) is 33.2 Å². The predicted octanol–water partition coefficient (Wildman–Crippen LogP) is 2.39. The summed E-state index contributed by atoms with van der Waals surface area (Å²) in [6, 6.07) is 7.46. The van der Waals surface area contributed by atoms with Crippen LogP contribution >= 0.6 is 11.6 Å². The molecule has 0 bridgehead atoms. The lowest BCUT2D eigenvalue weighted by molar-refractivity contribution is 0.226. The minimum absolute atomic E-state index is 0.448. The summed E-state index contributed by atoms with van der Waals surface area (Å²) in [5, 5.41) is 14.2. The van der Waals surface area contributed by atoms with Crippen molar-refractivity contribution in [1.82, 2.24) is 34.8 Å². The highest BCUT2D eigenvalue weighted by molar-refractivity contribution is 6.33. The summed E-state index contributed by atoms with van der Waals surface area (Å²) >= 11 is 6.22. The molecule has 9 nitrogen and oxygen atoms in total. The molecule has 3 aromatic heterocycles. The summed E-state index contributed by atoms with van der Waals surface area (Å²) in [5.41, 5.74) is 1.59. The Bertz CT molecular complexity index is 1150. The SMILES string of the molecule is Cn1ncc2c(N3CCN(Cc4nnc(-c5ccccc5Cl)o4)CC3)ncnc21. The van der Waals surface area contributed by atoms with Crippen LogP contribution in [0.25, 0.3) is 22.5 Å². The largest absolute Gasteiger partial charge is 0.419 e. The maximum absolute atomic E-state index is 6.22. The Labute approximate surface area is 171 Å². The Hall–Kier alpha value is -3.04. The van der Waals surface area contributed by atoms with Crippen molar-refractivity contribution in [2.75, 3.05) is 31.1 Å². The lowest BCUT2D eigenvalue weighted by Crippen LogP contribution is -2.46. The van der Waals surface area contributed by atoms with Gasteiger partial charge in [-0.25, -0.2) is 9.97 Å². The highest BCUT2D eigenvalue weighted by Crippen LogP contribution is 2.27. The number of halogens is 1. The van der Waals surface area contributed by atoms with Crippen LogP contribution in [0.15, 0.2) is 41.2 Å². The average Bonchev–Trinajstić information content (AvgIpc) is 3.36.